The Morgan fingerprint density at radius 3 is 2.62 bits per heavy atom. The van der Waals surface area contributed by atoms with Gasteiger partial charge >= 0.3 is 0 Å². The van der Waals surface area contributed by atoms with Gasteiger partial charge < -0.3 is 5.32 Å². The summed E-state index contributed by atoms with van der Waals surface area (Å²) >= 11 is 5.88. The van der Waals surface area contributed by atoms with E-state index in [-0.39, 0.29) is 11.9 Å². The van der Waals surface area contributed by atoms with Gasteiger partial charge in [-0.1, -0.05) is 29.7 Å². The molecule has 1 fully saturated rings. The Balaban J connectivity index is 1.81. The second-order valence-electron chi connectivity index (χ2n) is 5.37. The van der Waals surface area contributed by atoms with Crippen LogP contribution in [0.4, 0.5) is 0 Å². The molecule has 0 saturated heterocycles. The summed E-state index contributed by atoms with van der Waals surface area (Å²) in [6.45, 7) is 1.85. The average Bonchev–Trinajstić information content (AvgIpc) is 3.09. The molecule has 1 heterocycles. The molecule has 1 saturated carbocycles. The Hall–Kier alpha value is -1.88. The summed E-state index contributed by atoms with van der Waals surface area (Å²) in [6.07, 6.45) is 4.47. The van der Waals surface area contributed by atoms with Crippen molar-refractivity contribution in [3.8, 4) is 5.69 Å². The Kier molecular flexibility index (Phi) is 3.92. The third kappa shape index (κ3) is 2.93. The topological polar surface area (TPSA) is 59.8 Å². The first-order chi connectivity index (χ1) is 10.1. The summed E-state index contributed by atoms with van der Waals surface area (Å²) in [7, 11) is 0. The molecule has 1 aromatic carbocycles. The summed E-state index contributed by atoms with van der Waals surface area (Å²) in [5, 5.41) is 11.8. The Bertz CT molecular complexity index is 644. The van der Waals surface area contributed by atoms with E-state index in [1.807, 2.05) is 19.1 Å². The molecule has 0 spiro atoms. The molecule has 21 heavy (non-hydrogen) atoms. The van der Waals surface area contributed by atoms with E-state index in [1.165, 1.54) is 12.8 Å². The SMILES string of the molecule is Cc1c(C(=O)NC2CCCC2)nnn1-c1ccc(Cl)cc1. The lowest BCUT2D eigenvalue weighted by atomic mass is 10.2. The summed E-state index contributed by atoms with van der Waals surface area (Å²) < 4.78 is 1.65. The predicted octanol–water partition coefficient (Wildman–Crippen LogP) is 2.90. The second kappa shape index (κ2) is 5.85. The molecule has 2 aromatic rings. The molecule has 0 radical (unpaired) electrons. The highest BCUT2D eigenvalue weighted by Gasteiger charge is 2.22. The number of nitrogens with one attached hydrogen (secondary N) is 1. The number of nitrogens with zero attached hydrogens (tertiary/aromatic N) is 3. The van der Waals surface area contributed by atoms with Crippen molar-refractivity contribution >= 4 is 17.5 Å². The molecule has 0 bridgehead atoms. The van der Waals surface area contributed by atoms with E-state index in [0.717, 1.165) is 24.2 Å². The van der Waals surface area contributed by atoms with Gasteiger partial charge in [0.05, 0.1) is 11.4 Å². The van der Waals surface area contributed by atoms with Crippen LogP contribution in [0.3, 0.4) is 0 Å². The zero-order chi connectivity index (χ0) is 14.8. The van der Waals surface area contributed by atoms with Crippen molar-refractivity contribution in [3.63, 3.8) is 0 Å². The maximum absolute atomic E-state index is 12.3. The van der Waals surface area contributed by atoms with Crippen molar-refractivity contribution in [3.05, 3.63) is 40.7 Å². The number of hydrogen-bond acceptors (Lipinski definition) is 3. The number of halogens is 1. The van der Waals surface area contributed by atoms with Crippen LogP contribution >= 0.6 is 11.6 Å². The molecule has 5 nitrogen and oxygen atoms in total. The van der Waals surface area contributed by atoms with Crippen molar-refractivity contribution < 1.29 is 4.79 Å². The standard InChI is InChI=1S/C15H17ClN4O/c1-10-14(15(21)17-12-4-2-3-5-12)18-19-20(10)13-8-6-11(16)7-9-13/h6-9,12H,2-5H2,1H3,(H,17,21). The van der Waals surface area contributed by atoms with E-state index >= 15 is 0 Å². The van der Waals surface area contributed by atoms with Crippen LogP contribution in [0.5, 0.6) is 0 Å². The van der Waals surface area contributed by atoms with Gasteiger partial charge in [0, 0.05) is 11.1 Å². The van der Waals surface area contributed by atoms with Gasteiger partial charge in [-0.15, -0.1) is 5.10 Å². The summed E-state index contributed by atoms with van der Waals surface area (Å²) in [5.41, 5.74) is 1.95. The zero-order valence-electron chi connectivity index (χ0n) is 11.8. The van der Waals surface area contributed by atoms with Crippen molar-refractivity contribution in [1.29, 1.82) is 0 Å². The van der Waals surface area contributed by atoms with E-state index in [4.69, 9.17) is 11.6 Å². The summed E-state index contributed by atoms with van der Waals surface area (Å²) in [5.74, 6) is -0.139. The Morgan fingerprint density at radius 2 is 1.95 bits per heavy atom. The number of benzene rings is 1. The van der Waals surface area contributed by atoms with Gasteiger partial charge in [0.1, 0.15) is 0 Å². The van der Waals surface area contributed by atoms with Crippen LogP contribution in [-0.4, -0.2) is 26.9 Å². The van der Waals surface area contributed by atoms with Crippen molar-refractivity contribution in [2.75, 3.05) is 0 Å². The fourth-order valence-electron chi connectivity index (χ4n) is 2.69. The molecule has 6 heteroatoms. The largest absolute Gasteiger partial charge is 0.348 e. The van der Waals surface area contributed by atoms with E-state index in [2.05, 4.69) is 15.6 Å². The lowest BCUT2D eigenvalue weighted by molar-refractivity contribution is 0.0932. The summed E-state index contributed by atoms with van der Waals surface area (Å²) in [4.78, 5) is 12.3. The van der Waals surface area contributed by atoms with Crippen LogP contribution in [-0.2, 0) is 0 Å². The molecular formula is C15H17ClN4O. The minimum Gasteiger partial charge on any atom is -0.348 e. The fourth-order valence-corrected chi connectivity index (χ4v) is 2.82. The molecular weight excluding hydrogens is 288 g/mol. The van der Waals surface area contributed by atoms with Crippen LogP contribution in [0.1, 0.15) is 41.9 Å². The van der Waals surface area contributed by atoms with Crippen LogP contribution < -0.4 is 5.32 Å². The van der Waals surface area contributed by atoms with Gasteiger partial charge in [0.15, 0.2) is 5.69 Å². The molecule has 1 amide bonds. The average molecular weight is 305 g/mol. The normalized spacial score (nSPS) is 15.3. The molecule has 0 atom stereocenters. The Labute approximate surface area is 128 Å². The van der Waals surface area contributed by atoms with Crippen molar-refractivity contribution in [2.45, 2.75) is 38.6 Å². The lowest BCUT2D eigenvalue weighted by Crippen LogP contribution is -2.33. The molecule has 0 unspecified atom stereocenters. The van der Waals surface area contributed by atoms with E-state index in [0.29, 0.717) is 10.7 Å². The van der Waals surface area contributed by atoms with Crippen LogP contribution in [0, 0.1) is 6.92 Å². The molecule has 1 aromatic heterocycles. The number of carbonyl (C=O) groups is 1. The third-order valence-corrected chi connectivity index (χ3v) is 4.12. The van der Waals surface area contributed by atoms with E-state index < -0.39 is 0 Å². The zero-order valence-corrected chi connectivity index (χ0v) is 12.6. The van der Waals surface area contributed by atoms with Crippen LogP contribution in [0.25, 0.3) is 5.69 Å². The minimum atomic E-state index is -0.139. The van der Waals surface area contributed by atoms with E-state index in [9.17, 15) is 4.79 Å². The van der Waals surface area contributed by atoms with Gasteiger partial charge in [-0.2, -0.15) is 0 Å². The first-order valence-corrected chi connectivity index (χ1v) is 7.52. The summed E-state index contributed by atoms with van der Waals surface area (Å²) in [6, 6.07) is 7.55. The minimum absolute atomic E-state index is 0.139. The highest BCUT2D eigenvalue weighted by molar-refractivity contribution is 6.30. The van der Waals surface area contributed by atoms with E-state index in [1.54, 1.807) is 16.8 Å². The molecule has 110 valence electrons. The van der Waals surface area contributed by atoms with Gasteiger partial charge in [0.2, 0.25) is 0 Å². The lowest BCUT2D eigenvalue weighted by Gasteiger charge is -2.10. The number of amides is 1. The molecule has 0 aliphatic heterocycles. The highest BCUT2D eigenvalue weighted by Crippen LogP contribution is 2.19. The van der Waals surface area contributed by atoms with Crippen molar-refractivity contribution in [1.82, 2.24) is 20.3 Å². The van der Waals surface area contributed by atoms with Crippen LogP contribution in [0.2, 0.25) is 5.02 Å². The quantitative estimate of drug-likeness (QED) is 0.948. The predicted molar refractivity (Wildman–Crippen MR) is 80.8 cm³/mol. The highest BCUT2D eigenvalue weighted by atomic mass is 35.5. The number of carbonyl (C=O) groups excluding carboxylic acids is 1. The van der Waals surface area contributed by atoms with Crippen molar-refractivity contribution in [2.24, 2.45) is 0 Å². The molecule has 1 aliphatic rings. The van der Waals surface area contributed by atoms with Gasteiger partial charge in [-0.3, -0.25) is 4.79 Å². The van der Waals surface area contributed by atoms with Gasteiger partial charge in [-0.25, -0.2) is 4.68 Å². The maximum Gasteiger partial charge on any atom is 0.273 e. The molecule has 3 rings (SSSR count). The second-order valence-corrected chi connectivity index (χ2v) is 5.80. The van der Waals surface area contributed by atoms with Gasteiger partial charge in [-0.05, 0) is 44.0 Å². The first kappa shape index (κ1) is 14.1. The van der Waals surface area contributed by atoms with Crippen LogP contribution in [0.15, 0.2) is 24.3 Å². The molecule has 1 aliphatic carbocycles. The molecule has 1 N–H and O–H groups in total. The number of rotatable bonds is 3. The Morgan fingerprint density at radius 1 is 1.29 bits per heavy atom. The monoisotopic (exact) mass is 304 g/mol. The third-order valence-electron chi connectivity index (χ3n) is 3.87. The fraction of sp³-hybridized carbons (Fsp3) is 0.400. The van der Waals surface area contributed by atoms with Gasteiger partial charge in [0.25, 0.3) is 5.91 Å². The number of aromatic nitrogens is 3. The maximum atomic E-state index is 12.3. The smallest absolute Gasteiger partial charge is 0.273 e. The first-order valence-electron chi connectivity index (χ1n) is 7.14. The number of hydrogen-bond donors (Lipinski definition) is 1.